The van der Waals surface area contributed by atoms with Gasteiger partial charge in [0.25, 0.3) is 0 Å². The lowest BCUT2D eigenvalue weighted by molar-refractivity contribution is -0.0667. The van der Waals surface area contributed by atoms with Gasteiger partial charge in [-0.1, -0.05) is 0 Å². The maximum atomic E-state index is 12.8. The summed E-state index contributed by atoms with van der Waals surface area (Å²) in [5.41, 5.74) is 0.0493. The summed E-state index contributed by atoms with van der Waals surface area (Å²) in [7, 11) is -7.42. The SMILES string of the molecule is O=C(O)c1ccc(NP2(=O)OCC3(CO2)COP(=O)(Nc2ccc(C(=O)O)cc2)OC3)cc1. The second-order valence-corrected chi connectivity index (χ2v) is 11.0. The molecule has 2 heterocycles. The average molecular weight is 498 g/mol. The van der Waals surface area contributed by atoms with Crippen LogP contribution in [0.1, 0.15) is 20.7 Å². The number of benzene rings is 2. The Balaban J connectivity index is 1.32. The van der Waals surface area contributed by atoms with Crippen LogP contribution in [0.2, 0.25) is 0 Å². The fraction of sp³-hybridized carbons (Fsp3) is 0.263. The van der Waals surface area contributed by atoms with Gasteiger partial charge in [0.05, 0.1) is 43.0 Å². The minimum atomic E-state index is -3.71. The molecule has 2 aromatic rings. The predicted molar refractivity (Wildman–Crippen MR) is 116 cm³/mol. The lowest BCUT2D eigenvalue weighted by Gasteiger charge is -2.42. The van der Waals surface area contributed by atoms with E-state index in [1.54, 1.807) is 0 Å². The lowest BCUT2D eigenvalue weighted by Crippen LogP contribution is -2.46. The van der Waals surface area contributed by atoms with Gasteiger partial charge in [-0.15, -0.1) is 0 Å². The maximum Gasteiger partial charge on any atom is 0.432 e. The molecule has 0 bridgehead atoms. The van der Waals surface area contributed by atoms with Gasteiger partial charge in [0.15, 0.2) is 0 Å². The highest BCUT2D eigenvalue weighted by atomic mass is 31.2. The zero-order chi connectivity index (χ0) is 23.7. The molecule has 0 atom stereocenters. The Kier molecular flexibility index (Phi) is 6.32. The summed E-state index contributed by atoms with van der Waals surface area (Å²) >= 11 is 0. The average Bonchev–Trinajstić information content (AvgIpc) is 2.79. The van der Waals surface area contributed by atoms with Crippen molar-refractivity contribution in [3.63, 3.8) is 0 Å². The molecule has 2 aliphatic heterocycles. The fourth-order valence-electron chi connectivity index (χ4n) is 3.03. The molecule has 2 aromatic carbocycles. The highest BCUT2D eigenvalue weighted by Crippen LogP contribution is 2.58. The number of carbonyl (C=O) groups is 2. The quantitative estimate of drug-likeness (QED) is 0.424. The highest BCUT2D eigenvalue weighted by molar-refractivity contribution is 7.55. The number of nitrogens with one attached hydrogen (secondary N) is 2. The van der Waals surface area contributed by atoms with Crippen LogP contribution < -0.4 is 10.2 Å². The van der Waals surface area contributed by atoms with Crippen LogP contribution in [0.4, 0.5) is 11.4 Å². The number of hydrogen-bond donors (Lipinski definition) is 4. The Labute approximate surface area is 188 Å². The minimum Gasteiger partial charge on any atom is -0.478 e. The molecule has 2 fully saturated rings. The van der Waals surface area contributed by atoms with Gasteiger partial charge in [-0.05, 0) is 48.5 Å². The van der Waals surface area contributed by atoms with Crippen molar-refractivity contribution in [1.29, 1.82) is 0 Å². The van der Waals surface area contributed by atoms with Crippen LogP contribution in [0.3, 0.4) is 0 Å². The van der Waals surface area contributed by atoms with E-state index in [2.05, 4.69) is 10.2 Å². The first-order valence-corrected chi connectivity index (χ1v) is 12.7. The normalized spacial score (nSPS) is 29.3. The standard InChI is InChI=1S/C19H20N2O10P2/c22-17(23)13-1-5-15(6-2-13)20-32(26)28-9-19(10-29-32)11-30-33(27,31-12-19)21-16-7-3-14(4-8-16)18(24)25/h1-8H,9-12H2,(H,20,26)(H,21,27)(H,22,23)(H,24,25). The maximum absolute atomic E-state index is 12.8. The van der Waals surface area contributed by atoms with E-state index in [0.717, 1.165) is 0 Å². The second-order valence-electron chi connectivity index (χ2n) is 7.58. The van der Waals surface area contributed by atoms with Crippen molar-refractivity contribution >= 4 is 38.8 Å². The van der Waals surface area contributed by atoms with E-state index in [4.69, 9.17) is 28.3 Å². The molecule has 14 heteroatoms. The molecule has 2 aliphatic rings. The third-order valence-electron chi connectivity index (χ3n) is 4.96. The largest absolute Gasteiger partial charge is 0.478 e. The number of anilines is 2. The van der Waals surface area contributed by atoms with Crippen molar-refractivity contribution in [1.82, 2.24) is 0 Å². The third-order valence-corrected chi connectivity index (χ3v) is 7.90. The Morgan fingerprint density at radius 3 is 1.24 bits per heavy atom. The summed E-state index contributed by atoms with van der Waals surface area (Å²) in [6.45, 7) is -0.231. The molecule has 33 heavy (non-hydrogen) atoms. The van der Waals surface area contributed by atoms with Gasteiger partial charge in [-0.3, -0.25) is 28.3 Å². The van der Waals surface area contributed by atoms with Crippen LogP contribution in [0.5, 0.6) is 0 Å². The summed E-state index contributed by atoms with van der Waals surface area (Å²) in [5, 5.41) is 23.2. The first-order valence-electron chi connectivity index (χ1n) is 9.61. The molecule has 4 N–H and O–H groups in total. The number of aromatic carboxylic acids is 2. The molecule has 0 unspecified atom stereocenters. The van der Waals surface area contributed by atoms with Crippen LogP contribution >= 0.6 is 15.5 Å². The van der Waals surface area contributed by atoms with Gasteiger partial charge >= 0.3 is 27.4 Å². The molecule has 12 nitrogen and oxygen atoms in total. The second kappa shape index (κ2) is 8.90. The van der Waals surface area contributed by atoms with Gasteiger partial charge in [0.1, 0.15) is 0 Å². The molecule has 4 rings (SSSR count). The molecule has 2 saturated heterocycles. The Morgan fingerprint density at radius 1 is 0.667 bits per heavy atom. The Hall–Kier alpha value is -2.72. The van der Waals surface area contributed by atoms with Crippen LogP contribution in [0, 0.1) is 5.41 Å². The molecule has 176 valence electrons. The lowest BCUT2D eigenvalue weighted by atomic mass is 9.93. The van der Waals surface area contributed by atoms with E-state index in [1.807, 2.05) is 0 Å². The van der Waals surface area contributed by atoms with E-state index in [0.29, 0.717) is 11.4 Å². The van der Waals surface area contributed by atoms with Crippen LogP contribution in [-0.2, 0) is 27.2 Å². The Bertz CT molecular complexity index is 1030. The first kappa shape index (κ1) is 23.4. The molecule has 0 aromatic heterocycles. The van der Waals surface area contributed by atoms with Crippen LogP contribution in [0.25, 0.3) is 0 Å². The third kappa shape index (κ3) is 5.44. The number of hydrogen-bond acceptors (Lipinski definition) is 8. The van der Waals surface area contributed by atoms with Crippen molar-refractivity contribution < 1.29 is 47.0 Å². The van der Waals surface area contributed by atoms with Gasteiger partial charge in [-0.25, -0.2) is 18.7 Å². The summed E-state index contributed by atoms with van der Waals surface area (Å²) in [5.74, 6) is -2.16. The Morgan fingerprint density at radius 2 is 0.970 bits per heavy atom. The van der Waals surface area contributed by atoms with Crippen LogP contribution in [0.15, 0.2) is 48.5 Å². The molecule has 0 amide bonds. The van der Waals surface area contributed by atoms with Crippen LogP contribution in [-0.4, -0.2) is 48.6 Å². The van der Waals surface area contributed by atoms with Gasteiger partial charge in [0.2, 0.25) is 0 Å². The van der Waals surface area contributed by atoms with E-state index in [1.165, 1.54) is 48.5 Å². The molecular weight excluding hydrogens is 478 g/mol. The monoisotopic (exact) mass is 498 g/mol. The van der Waals surface area contributed by atoms with Crippen molar-refractivity contribution in [3.05, 3.63) is 59.7 Å². The number of carboxylic acids is 2. The number of carboxylic acid groups (broad SMARTS) is 2. The van der Waals surface area contributed by atoms with E-state index in [9.17, 15) is 18.7 Å². The molecule has 0 aliphatic carbocycles. The molecule has 0 saturated carbocycles. The van der Waals surface area contributed by atoms with Crippen molar-refractivity contribution in [2.24, 2.45) is 5.41 Å². The fourth-order valence-corrected chi connectivity index (χ4v) is 6.15. The molecule has 0 radical (unpaired) electrons. The summed E-state index contributed by atoms with van der Waals surface area (Å²) in [4.78, 5) is 21.9. The van der Waals surface area contributed by atoms with E-state index in [-0.39, 0.29) is 37.6 Å². The van der Waals surface area contributed by atoms with Crippen molar-refractivity contribution in [2.45, 2.75) is 0 Å². The van der Waals surface area contributed by atoms with Gasteiger partial charge in [-0.2, -0.15) is 0 Å². The summed E-state index contributed by atoms with van der Waals surface area (Å²) in [6.07, 6.45) is 0. The van der Waals surface area contributed by atoms with Crippen molar-refractivity contribution in [2.75, 3.05) is 36.6 Å². The molecular formula is C19H20N2O10P2. The van der Waals surface area contributed by atoms with E-state index < -0.39 is 32.8 Å². The summed E-state index contributed by atoms with van der Waals surface area (Å²) < 4.78 is 47.4. The zero-order valence-corrected chi connectivity index (χ0v) is 18.8. The van der Waals surface area contributed by atoms with Gasteiger partial charge < -0.3 is 10.2 Å². The first-order chi connectivity index (χ1) is 15.6. The highest BCUT2D eigenvalue weighted by Gasteiger charge is 2.49. The predicted octanol–water partition coefficient (Wildman–Crippen LogP) is 3.90. The smallest absolute Gasteiger partial charge is 0.432 e. The van der Waals surface area contributed by atoms with E-state index >= 15 is 0 Å². The zero-order valence-electron chi connectivity index (χ0n) is 17.0. The number of rotatable bonds is 6. The van der Waals surface area contributed by atoms with Crippen molar-refractivity contribution in [3.8, 4) is 0 Å². The minimum absolute atomic E-state index is 0.0577. The molecule has 1 spiro atoms. The summed E-state index contributed by atoms with van der Waals surface area (Å²) in [6, 6.07) is 11.2. The van der Waals surface area contributed by atoms with Gasteiger partial charge in [0, 0.05) is 11.4 Å². The topological polar surface area (TPSA) is 170 Å².